The third-order valence-electron chi connectivity index (χ3n) is 5.24. The van der Waals surface area contributed by atoms with Crippen molar-refractivity contribution in [2.75, 3.05) is 11.1 Å². The number of carbonyl (C=O) groups is 1. The van der Waals surface area contributed by atoms with Gasteiger partial charge in [0.05, 0.1) is 15.8 Å². The minimum atomic E-state index is -0.173. The molecular formula is C26H18BrCl2N5OS2. The number of benzene rings is 3. The summed E-state index contributed by atoms with van der Waals surface area (Å²) in [5.74, 6) is 0.689. The zero-order valence-corrected chi connectivity index (χ0v) is 23.8. The van der Waals surface area contributed by atoms with E-state index in [4.69, 9.17) is 23.2 Å². The molecule has 0 saturated heterocycles. The summed E-state index contributed by atoms with van der Waals surface area (Å²) in [5.41, 5.74) is 2.86. The molecule has 0 atom stereocenters. The average Bonchev–Trinajstić information content (AvgIpc) is 3.53. The first-order valence-electron chi connectivity index (χ1n) is 11.0. The number of amides is 1. The molecule has 0 spiro atoms. The highest BCUT2D eigenvalue weighted by Crippen LogP contribution is 2.30. The standard InChI is InChI=1S/C26H18BrCl2N5OS2/c27-18-9-7-17(8-10-18)24-32-33-26(34(24)19-4-2-1-3-5-19)36-15-23(35)31-25-30-14-20(37-25)12-16-6-11-21(28)22(29)13-16/h1-11,13-14H,12,15H2,(H,30,31,35). The number of rotatable bonds is 8. The first-order chi connectivity index (χ1) is 18.0. The Morgan fingerprint density at radius 2 is 1.78 bits per heavy atom. The van der Waals surface area contributed by atoms with Gasteiger partial charge in [0.2, 0.25) is 5.91 Å². The van der Waals surface area contributed by atoms with Crippen molar-refractivity contribution >= 4 is 73.3 Å². The smallest absolute Gasteiger partial charge is 0.236 e. The highest BCUT2D eigenvalue weighted by Gasteiger charge is 2.18. The van der Waals surface area contributed by atoms with Gasteiger partial charge in [-0.05, 0) is 42.0 Å². The fourth-order valence-electron chi connectivity index (χ4n) is 3.54. The molecule has 0 aliphatic carbocycles. The first-order valence-corrected chi connectivity index (χ1v) is 14.4. The van der Waals surface area contributed by atoms with Crippen LogP contribution < -0.4 is 5.32 Å². The number of anilines is 1. The van der Waals surface area contributed by atoms with E-state index in [1.54, 1.807) is 12.3 Å². The zero-order valence-electron chi connectivity index (χ0n) is 19.1. The van der Waals surface area contributed by atoms with Crippen LogP contribution in [-0.2, 0) is 11.2 Å². The molecule has 0 aliphatic heterocycles. The van der Waals surface area contributed by atoms with Crippen molar-refractivity contribution < 1.29 is 4.79 Å². The van der Waals surface area contributed by atoms with Gasteiger partial charge in [-0.3, -0.25) is 9.36 Å². The van der Waals surface area contributed by atoms with E-state index in [-0.39, 0.29) is 11.7 Å². The highest BCUT2D eigenvalue weighted by atomic mass is 79.9. The van der Waals surface area contributed by atoms with Gasteiger partial charge in [-0.1, -0.05) is 87.3 Å². The molecule has 5 aromatic rings. The summed E-state index contributed by atoms with van der Waals surface area (Å²) in [6.07, 6.45) is 2.41. The van der Waals surface area contributed by atoms with Crippen LogP contribution in [0.5, 0.6) is 0 Å². The number of thioether (sulfide) groups is 1. The summed E-state index contributed by atoms with van der Waals surface area (Å²) >= 11 is 18.3. The monoisotopic (exact) mass is 629 g/mol. The SMILES string of the molecule is O=C(CSc1nnc(-c2ccc(Br)cc2)n1-c1ccccc1)Nc1ncc(Cc2ccc(Cl)c(Cl)c2)s1. The van der Waals surface area contributed by atoms with E-state index in [1.807, 2.05) is 71.3 Å². The summed E-state index contributed by atoms with van der Waals surface area (Å²) in [6.45, 7) is 0. The Morgan fingerprint density at radius 3 is 2.54 bits per heavy atom. The highest BCUT2D eigenvalue weighted by molar-refractivity contribution is 9.10. The minimum Gasteiger partial charge on any atom is -0.301 e. The third-order valence-corrected chi connectivity index (χ3v) is 8.35. The van der Waals surface area contributed by atoms with Crippen LogP contribution in [0.2, 0.25) is 10.0 Å². The molecule has 5 rings (SSSR count). The molecule has 37 heavy (non-hydrogen) atoms. The molecule has 0 saturated carbocycles. The average molecular weight is 631 g/mol. The van der Waals surface area contributed by atoms with Gasteiger partial charge in [-0.15, -0.1) is 21.5 Å². The van der Waals surface area contributed by atoms with E-state index in [2.05, 4.69) is 36.4 Å². The van der Waals surface area contributed by atoms with Gasteiger partial charge < -0.3 is 5.32 Å². The molecule has 1 amide bonds. The Bertz CT molecular complexity index is 1540. The van der Waals surface area contributed by atoms with Crippen LogP contribution in [0.15, 0.2) is 88.6 Å². The Morgan fingerprint density at radius 1 is 1.00 bits per heavy atom. The lowest BCUT2D eigenvalue weighted by molar-refractivity contribution is -0.113. The van der Waals surface area contributed by atoms with Crippen LogP contribution in [0.3, 0.4) is 0 Å². The predicted molar refractivity (Wildman–Crippen MR) is 155 cm³/mol. The molecule has 3 aromatic carbocycles. The number of nitrogens with one attached hydrogen (secondary N) is 1. The Kier molecular flexibility index (Phi) is 8.26. The molecule has 0 fully saturated rings. The fraction of sp³-hybridized carbons (Fsp3) is 0.0769. The number of hydrogen-bond acceptors (Lipinski definition) is 6. The topological polar surface area (TPSA) is 72.7 Å². The molecule has 0 aliphatic rings. The lowest BCUT2D eigenvalue weighted by atomic mass is 10.1. The molecule has 6 nitrogen and oxygen atoms in total. The van der Waals surface area contributed by atoms with Gasteiger partial charge in [0.1, 0.15) is 0 Å². The molecule has 2 heterocycles. The Labute approximate surface area is 240 Å². The number of nitrogens with zero attached hydrogens (tertiary/aromatic N) is 4. The van der Waals surface area contributed by atoms with Crippen LogP contribution in [0.1, 0.15) is 10.4 Å². The maximum atomic E-state index is 12.7. The normalized spacial score (nSPS) is 11.0. The van der Waals surface area contributed by atoms with Gasteiger partial charge in [0.15, 0.2) is 16.1 Å². The second-order valence-corrected chi connectivity index (χ2v) is 11.7. The van der Waals surface area contributed by atoms with Crippen molar-refractivity contribution in [2.24, 2.45) is 0 Å². The van der Waals surface area contributed by atoms with E-state index in [0.717, 1.165) is 26.2 Å². The molecule has 0 unspecified atom stereocenters. The quantitative estimate of drug-likeness (QED) is 0.177. The van der Waals surface area contributed by atoms with Crippen molar-refractivity contribution in [3.05, 3.63) is 104 Å². The number of para-hydroxylation sites is 1. The summed E-state index contributed by atoms with van der Waals surface area (Å²) in [6, 6.07) is 23.3. The first kappa shape index (κ1) is 25.9. The van der Waals surface area contributed by atoms with Crippen LogP contribution in [0.4, 0.5) is 5.13 Å². The predicted octanol–water partition coefficient (Wildman–Crippen LogP) is 7.78. The molecule has 0 bridgehead atoms. The van der Waals surface area contributed by atoms with Crippen LogP contribution >= 0.6 is 62.2 Å². The van der Waals surface area contributed by atoms with E-state index in [0.29, 0.717) is 32.6 Å². The maximum Gasteiger partial charge on any atom is 0.236 e. The lowest BCUT2D eigenvalue weighted by Gasteiger charge is -2.10. The van der Waals surface area contributed by atoms with Gasteiger partial charge in [0.25, 0.3) is 0 Å². The lowest BCUT2D eigenvalue weighted by Crippen LogP contribution is -2.14. The minimum absolute atomic E-state index is 0.160. The van der Waals surface area contributed by atoms with Crippen molar-refractivity contribution in [3.8, 4) is 17.1 Å². The Balaban J connectivity index is 1.27. The molecule has 11 heteroatoms. The van der Waals surface area contributed by atoms with Crippen LogP contribution in [-0.4, -0.2) is 31.4 Å². The van der Waals surface area contributed by atoms with Crippen molar-refractivity contribution in [2.45, 2.75) is 11.6 Å². The Hall–Kier alpha value is -2.69. The second kappa shape index (κ2) is 11.8. The van der Waals surface area contributed by atoms with E-state index >= 15 is 0 Å². The molecule has 186 valence electrons. The summed E-state index contributed by atoms with van der Waals surface area (Å²) in [5, 5.41) is 13.9. The molecular weight excluding hydrogens is 613 g/mol. The fourth-order valence-corrected chi connectivity index (χ4v) is 5.74. The number of thiazole rings is 1. The van der Waals surface area contributed by atoms with Gasteiger partial charge in [-0.2, -0.15) is 0 Å². The number of halogens is 3. The number of aromatic nitrogens is 4. The van der Waals surface area contributed by atoms with Gasteiger partial charge in [-0.25, -0.2) is 4.98 Å². The van der Waals surface area contributed by atoms with E-state index < -0.39 is 0 Å². The molecule has 1 N–H and O–H groups in total. The third kappa shape index (κ3) is 6.42. The van der Waals surface area contributed by atoms with E-state index in [9.17, 15) is 4.79 Å². The van der Waals surface area contributed by atoms with Gasteiger partial charge >= 0.3 is 0 Å². The van der Waals surface area contributed by atoms with E-state index in [1.165, 1.54) is 23.1 Å². The largest absolute Gasteiger partial charge is 0.301 e. The van der Waals surface area contributed by atoms with Crippen LogP contribution in [0.25, 0.3) is 17.1 Å². The number of hydrogen-bond donors (Lipinski definition) is 1. The maximum absolute atomic E-state index is 12.7. The van der Waals surface area contributed by atoms with Crippen LogP contribution in [0, 0.1) is 0 Å². The molecule has 2 aromatic heterocycles. The van der Waals surface area contributed by atoms with Crippen molar-refractivity contribution in [1.82, 2.24) is 19.7 Å². The molecule has 0 radical (unpaired) electrons. The van der Waals surface area contributed by atoms with Gasteiger partial charge in [0, 0.05) is 33.2 Å². The van der Waals surface area contributed by atoms with Crippen molar-refractivity contribution in [3.63, 3.8) is 0 Å². The second-order valence-electron chi connectivity index (χ2n) is 7.88. The van der Waals surface area contributed by atoms with Crippen molar-refractivity contribution in [1.29, 1.82) is 0 Å². The summed E-state index contributed by atoms with van der Waals surface area (Å²) in [7, 11) is 0. The summed E-state index contributed by atoms with van der Waals surface area (Å²) < 4.78 is 2.94. The summed E-state index contributed by atoms with van der Waals surface area (Å²) in [4.78, 5) is 18.1. The zero-order chi connectivity index (χ0) is 25.8. The number of carbonyl (C=O) groups excluding carboxylic acids is 1.